The quantitative estimate of drug-likeness (QED) is 0.342. The van der Waals surface area contributed by atoms with E-state index in [0.717, 1.165) is 59.8 Å². The molecule has 0 aliphatic carbocycles. The van der Waals surface area contributed by atoms with Crippen molar-refractivity contribution < 1.29 is 0 Å². The maximum absolute atomic E-state index is 4.83. The van der Waals surface area contributed by atoms with E-state index in [4.69, 9.17) is 4.98 Å². The summed E-state index contributed by atoms with van der Waals surface area (Å²) in [5.41, 5.74) is 7.61. The molecule has 1 aliphatic heterocycles. The number of rotatable bonds is 5. The van der Waals surface area contributed by atoms with E-state index < -0.39 is 0 Å². The molecule has 0 radical (unpaired) electrons. The average molecular weight is 467 g/mol. The van der Waals surface area contributed by atoms with Gasteiger partial charge in [-0.15, -0.1) is 0 Å². The van der Waals surface area contributed by atoms with Gasteiger partial charge in [-0.25, -0.2) is 9.50 Å². The Bertz CT molecular complexity index is 1450. The van der Waals surface area contributed by atoms with Crippen LogP contribution in [0.25, 0.3) is 38.7 Å². The summed E-state index contributed by atoms with van der Waals surface area (Å²) in [4.78, 5) is 7.26. The second-order valence-electron chi connectivity index (χ2n) is 8.47. The smallest absolute Gasteiger partial charge is 0.162 e. The molecule has 0 bridgehead atoms. The number of anilines is 2. The van der Waals surface area contributed by atoms with E-state index >= 15 is 0 Å². The lowest BCUT2D eigenvalue weighted by Gasteiger charge is -2.29. The van der Waals surface area contributed by atoms with Crippen LogP contribution in [0.4, 0.5) is 11.4 Å². The summed E-state index contributed by atoms with van der Waals surface area (Å²) in [7, 11) is 0. The van der Waals surface area contributed by atoms with Crippen molar-refractivity contribution in [2.75, 3.05) is 42.1 Å². The number of nitrogens with zero attached hydrogens (tertiary/aromatic N) is 4. The number of fused-ring (bicyclic) bond motifs is 2. The number of piperazine rings is 1. The van der Waals surface area contributed by atoms with Crippen LogP contribution in [0.2, 0.25) is 0 Å². The molecule has 3 aromatic carbocycles. The van der Waals surface area contributed by atoms with E-state index in [0.29, 0.717) is 0 Å². The van der Waals surface area contributed by atoms with Crippen molar-refractivity contribution >= 4 is 39.7 Å². The Labute approximate surface area is 203 Å². The minimum Gasteiger partial charge on any atom is -0.369 e. The van der Waals surface area contributed by atoms with Gasteiger partial charge in [0.2, 0.25) is 0 Å². The highest BCUT2D eigenvalue weighted by molar-refractivity contribution is 7.99. The third kappa shape index (κ3) is 3.77. The van der Waals surface area contributed by atoms with Gasteiger partial charge in [-0.2, -0.15) is 5.10 Å². The van der Waals surface area contributed by atoms with Gasteiger partial charge < -0.3 is 14.9 Å². The standard InChI is InChI=1S/C27H26N6S/c1-34-31-26-11-10-23(22-4-2-3-5-24(22)26)25-17-30-33-18-20(16-29-27(25)33)19-6-8-21(9-7-19)32-14-12-28-13-15-32/h2-11,16-18,28,31H,12-15H2,1H3. The summed E-state index contributed by atoms with van der Waals surface area (Å²) in [5.74, 6) is 0. The van der Waals surface area contributed by atoms with Crippen LogP contribution in [-0.2, 0) is 0 Å². The summed E-state index contributed by atoms with van der Waals surface area (Å²) in [5, 5.41) is 10.4. The molecule has 0 amide bonds. The highest BCUT2D eigenvalue weighted by Gasteiger charge is 2.14. The molecule has 6 nitrogen and oxygen atoms in total. The van der Waals surface area contributed by atoms with Crippen molar-refractivity contribution in [2.24, 2.45) is 0 Å². The van der Waals surface area contributed by atoms with Gasteiger partial charge in [-0.05, 0) is 34.7 Å². The Balaban J connectivity index is 1.35. The van der Waals surface area contributed by atoms with Gasteiger partial charge in [-0.3, -0.25) is 0 Å². The molecule has 5 aromatic rings. The molecular formula is C27H26N6S. The van der Waals surface area contributed by atoms with E-state index in [2.05, 4.69) is 86.9 Å². The summed E-state index contributed by atoms with van der Waals surface area (Å²) >= 11 is 1.60. The third-order valence-corrected chi connectivity index (χ3v) is 6.89. The molecule has 170 valence electrons. The Morgan fingerprint density at radius 2 is 1.65 bits per heavy atom. The number of hydrogen-bond donors (Lipinski definition) is 2. The molecule has 0 atom stereocenters. The van der Waals surface area contributed by atoms with Crippen molar-refractivity contribution in [2.45, 2.75) is 0 Å². The second kappa shape index (κ2) is 9.00. The SMILES string of the molecule is CSNc1ccc(-c2cnn3cc(-c4ccc(N5CCNCC5)cc4)cnc23)c2ccccc12. The minimum atomic E-state index is 0.858. The van der Waals surface area contributed by atoms with Crippen molar-refractivity contribution in [3.05, 3.63) is 79.3 Å². The first kappa shape index (κ1) is 21.0. The number of aromatic nitrogens is 3. The van der Waals surface area contributed by atoms with E-state index in [9.17, 15) is 0 Å². The lowest BCUT2D eigenvalue weighted by molar-refractivity contribution is 0.589. The Kier molecular flexibility index (Phi) is 5.57. The summed E-state index contributed by atoms with van der Waals surface area (Å²) in [6, 6.07) is 21.5. The topological polar surface area (TPSA) is 57.5 Å². The molecule has 3 heterocycles. The van der Waals surface area contributed by atoms with Crippen LogP contribution in [0.3, 0.4) is 0 Å². The molecule has 2 N–H and O–H groups in total. The zero-order valence-electron chi connectivity index (χ0n) is 19.0. The van der Waals surface area contributed by atoms with Gasteiger partial charge in [0.15, 0.2) is 5.65 Å². The van der Waals surface area contributed by atoms with E-state index in [1.54, 1.807) is 11.9 Å². The summed E-state index contributed by atoms with van der Waals surface area (Å²) in [6.07, 6.45) is 7.97. The predicted molar refractivity (Wildman–Crippen MR) is 144 cm³/mol. The Hall–Kier alpha value is -3.55. The average Bonchev–Trinajstić information content (AvgIpc) is 3.33. The molecule has 1 saturated heterocycles. The maximum Gasteiger partial charge on any atom is 0.162 e. The summed E-state index contributed by atoms with van der Waals surface area (Å²) < 4.78 is 5.27. The predicted octanol–water partition coefficient (Wildman–Crippen LogP) is 5.32. The number of hydrogen-bond acceptors (Lipinski definition) is 6. The van der Waals surface area contributed by atoms with Crippen molar-refractivity contribution in [3.8, 4) is 22.3 Å². The van der Waals surface area contributed by atoms with Crippen molar-refractivity contribution in [1.29, 1.82) is 0 Å². The maximum atomic E-state index is 4.83. The van der Waals surface area contributed by atoms with E-state index in [-0.39, 0.29) is 0 Å². The van der Waals surface area contributed by atoms with Crippen molar-refractivity contribution in [3.63, 3.8) is 0 Å². The van der Waals surface area contributed by atoms with Gasteiger partial charge >= 0.3 is 0 Å². The van der Waals surface area contributed by atoms with Crippen LogP contribution >= 0.6 is 11.9 Å². The van der Waals surface area contributed by atoms with Crippen LogP contribution in [0.1, 0.15) is 0 Å². The highest BCUT2D eigenvalue weighted by Crippen LogP contribution is 2.35. The molecule has 2 aromatic heterocycles. The normalized spacial score (nSPS) is 14.1. The lowest BCUT2D eigenvalue weighted by atomic mass is 9.99. The van der Waals surface area contributed by atoms with Crippen LogP contribution in [0.15, 0.2) is 79.3 Å². The van der Waals surface area contributed by atoms with Gasteiger partial charge in [0.05, 0.1) is 11.9 Å². The Morgan fingerprint density at radius 1 is 0.853 bits per heavy atom. The molecule has 0 saturated carbocycles. The van der Waals surface area contributed by atoms with Gasteiger partial charge in [0.1, 0.15) is 0 Å². The first-order valence-electron chi connectivity index (χ1n) is 11.5. The molecule has 0 spiro atoms. The fraction of sp³-hybridized carbons (Fsp3) is 0.185. The van der Waals surface area contributed by atoms with E-state index in [1.807, 2.05) is 23.2 Å². The fourth-order valence-corrected chi connectivity index (χ4v) is 5.13. The lowest BCUT2D eigenvalue weighted by Crippen LogP contribution is -2.43. The van der Waals surface area contributed by atoms with E-state index in [1.165, 1.54) is 16.5 Å². The third-order valence-electron chi connectivity index (χ3n) is 6.47. The van der Waals surface area contributed by atoms with Crippen LogP contribution in [-0.4, -0.2) is 47.0 Å². The largest absolute Gasteiger partial charge is 0.369 e. The first-order valence-corrected chi connectivity index (χ1v) is 12.7. The van der Waals surface area contributed by atoms with Gasteiger partial charge in [0.25, 0.3) is 0 Å². The zero-order chi connectivity index (χ0) is 22.9. The molecule has 34 heavy (non-hydrogen) atoms. The molecule has 7 heteroatoms. The zero-order valence-corrected chi connectivity index (χ0v) is 19.8. The van der Waals surface area contributed by atoms with Gasteiger partial charge in [0, 0.05) is 67.0 Å². The molecule has 6 rings (SSSR count). The van der Waals surface area contributed by atoms with Crippen LogP contribution in [0.5, 0.6) is 0 Å². The van der Waals surface area contributed by atoms with Crippen LogP contribution < -0.4 is 14.9 Å². The Morgan fingerprint density at radius 3 is 2.44 bits per heavy atom. The first-order chi connectivity index (χ1) is 16.8. The van der Waals surface area contributed by atoms with Crippen molar-refractivity contribution in [1.82, 2.24) is 19.9 Å². The van der Waals surface area contributed by atoms with Crippen LogP contribution in [0, 0.1) is 0 Å². The fourth-order valence-electron chi connectivity index (χ4n) is 4.73. The minimum absolute atomic E-state index is 0.858. The second-order valence-corrected chi connectivity index (χ2v) is 9.08. The van der Waals surface area contributed by atoms with Gasteiger partial charge in [-0.1, -0.05) is 54.4 Å². The summed E-state index contributed by atoms with van der Waals surface area (Å²) in [6.45, 7) is 4.17. The number of benzene rings is 3. The molecule has 0 unspecified atom stereocenters. The molecular weight excluding hydrogens is 440 g/mol. The highest BCUT2D eigenvalue weighted by atomic mass is 32.2. The monoisotopic (exact) mass is 466 g/mol. The molecule has 1 fully saturated rings. The molecule has 1 aliphatic rings. The number of nitrogens with one attached hydrogen (secondary N) is 2.